The van der Waals surface area contributed by atoms with Gasteiger partial charge in [0.25, 0.3) is 0 Å². The third-order valence-corrected chi connectivity index (χ3v) is 3.14. The number of carbonyl (C=O) groups is 1. The van der Waals surface area contributed by atoms with E-state index in [0.717, 1.165) is 5.56 Å². The Labute approximate surface area is 122 Å². The van der Waals surface area contributed by atoms with Crippen molar-refractivity contribution in [2.45, 2.75) is 6.42 Å². The van der Waals surface area contributed by atoms with E-state index in [9.17, 15) is 4.79 Å². The van der Waals surface area contributed by atoms with E-state index in [4.69, 9.17) is 15.2 Å². The molecule has 2 aromatic rings. The molecule has 1 amide bonds. The maximum Gasteiger partial charge on any atom is 0.228 e. The van der Waals surface area contributed by atoms with Gasteiger partial charge in [-0.2, -0.15) is 0 Å². The number of nitrogens with one attached hydrogen (secondary N) is 1. The minimum Gasteiger partial charge on any atom is -0.486 e. The number of hydrogen-bond donors (Lipinski definition) is 2. The van der Waals surface area contributed by atoms with Crippen molar-refractivity contribution in [2.24, 2.45) is 0 Å². The number of anilines is 2. The Morgan fingerprint density at radius 1 is 1.10 bits per heavy atom. The zero-order valence-corrected chi connectivity index (χ0v) is 11.5. The summed E-state index contributed by atoms with van der Waals surface area (Å²) in [5.74, 6) is 1.26. The zero-order valence-electron chi connectivity index (χ0n) is 11.5. The number of carbonyl (C=O) groups excluding carboxylic acids is 1. The molecule has 0 unspecified atom stereocenters. The van der Waals surface area contributed by atoms with Crippen molar-refractivity contribution in [2.75, 3.05) is 24.3 Å². The van der Waals surface area contributed by atoms with Crippen LogP contribution in [0, 0.1) is 0 Å². The Kier molecular flexibility index (Phi) is 3.64. The molecule has 2 aromatic carbocycles. The summed E-state index contributed by atoms with van der Waals surface area (Å²) in [6, 6.07) is 12.7. The van der Waals surface area contributed by atoms with Gasteiger partial charge in [-0.15, -0.1) is 0 Å². The zero-order chi connectivity index (χ0) is 14.7. The van der Waals surface area contributed by atoms with Gasteiger partial charge in [0.2, 0.25) is 5.91 Å². The molecule has 3 N–H and O–H groups in total. The Morgan fingerprint density at radius 2 is 1.90 bits per heavy atom. The van der Waals surface area contributed by atoms with Gasteiger partial charge in [0.15, 0.2) is 11.5 Å². The molecule has 108 valence electrons. The molecule has 3 rings (SSSR count). The summed E-state index contributed by atoms with van der Waals surface area (Å²) in [6.45, 7) is 1.07. The number of rotatable bonds is 3. The third kappa shape index (κ3) is 3.25. The summed E-state index contributed by atoms with van der Waals surface area (Å²) in [4.78, 5) is 12.0. The summed E-state index contributed by atoms with van der Waals surface area (Å²) in [5, 5.41) is 2.84. The normalized spacial score (nSPS) is 12.8. The van der Waals surface area contributed by atoms with Crippen LogP contribution in [0.5, 0.6) is 11.5 Å². The molecular weight excluding hydrogens is 268 g/mol. The molecule has 0 saturated heterocycles. The van der Waals surface area contributed by atoms with Crippen molar-refractivity contribution in [3.63, 3.8) is 0 Å². The standard InChI is InChI=1S/C16H16N2O3/c17-12-3-1-2-11(8-12)9-16(19)18-13-4-5-14-15(10-13)21-7-6-20-14/h1-5,8,10H,6-7,9,17H2,(H,18,19). The Bertz CT molecular complexity index is 670. The highest BCUT2D eigenvalue weighted by molar-refractivity contribution is 5.92. The molecule has 0 aromatic heterocycles. The van der Waals surface area contributed by atoms with Crippen molar-refractivity contribution < 1.29 is 14.3 Å². The molecule has 21 heavy (non-hydrogen) atoms. The second-order valence-electron chi connectivity index (χ2n) is 4.83. The second kappa shape index (κ2) is 5.75. The first-order valence-electron chi connectivity index (χ1n) is 6.74. The van der Waals surface area contributed by atoms with Crippen LogP contribution in [0.4, 0.5) is 11.4 Å². The topological polar surface area (TPSA) is 73.6 Å². The molecule has 5 nitrogen and oxygen atoms in total. The maximum atomic E-state index is 12.0. The molecule has 1 aliphatic heterocycles. The van der Waals surface area contributed by atoms with Gasteiger partial charge in [-0.05, 0) is 29.8 Å². The van der Waals surface area contributed by atoms with Gasteiger partial charge < -0.3 is 20.5 Å². The van der Waals surface area contributed by atoms with Crippen LogP contribution in [0.25, 0.3) is 0 Å². The van der Waals surface area contributed by atoms with Crippen LogP contribution >= 0.6 is 0 Å². The fourth-order valence-corrected chi connectivity index (χ4v) is 2.21. The Balaban J connectivity index is 1.67. The predicted molar refractivity (Wildman–Crippen MR) is 80.6 cm³/mol. The average Bonchev–Trinajstić information content (AvgIpc) is 2.47. The maximum absolute atomic E-state index is 12.0. The lowest BCUT2D eigenvalue weighted by Gasteiger charge is -2.19. The average molecular weight is 284 g/mol. The SMILES string of the molecule is Nc1cccc(CC(=O)Nc2ccc3c(c2)OCCO3)c1. The molecular formula is C16H16N2O3. The van der Waals surface area contributed by atoms with E-state index in [1.165, 1.54) is 0 Å². The summed E-state index contributed by atoms with van der Waals surface area (Å²) in [7, 11) is 0. The van der Waals surface area contributed by atoms with Crippen molar-refractivity contribution in [1.82, 2.24) is 0 Å². The third-order valence-electron chi connectivity index (χ3n) is 3.14. The van der Waals surface area contributed by atoms with Gasteiger partial charge in [0.1, 0.15) is 13.2 Å². The van der Waals surface area contributed by atoms with Crippen LogP contribution in [0.1, 0.15) is 5.56 Å². The number of hydrogen-bond acceptors (Lipinski definition) is 4. The molecule has 0 bridgehead atoms. The lowest BCUT2D eigenvalue weighted by Crippen LogP contribution is -2.17. The highest BCUT2D eigenvalue weighted by Crippen LogP contribution is 2.32. The minimum atomic E-state index is -0.0997. The number of nitrogen functional groups attached to an aromatic ring is 1. The summed E-state index contributed by atoms with van der Waals surface area (Å²) in [5.41, 5.74) is 7.92. The molecule has 1 aliphatic rings. The van der Waals surface area contributed by atoms with E-state index < -0.39 is 0 Å². The second-order valence-corrected chi connectivity index (χ2v) is 4.83. The smallest absolute Gasteiger partial charge is 0.228 e. The monoisotopic (exact) mass is 284 g/mol. The van der Waals surface area contributed by atoms with Crippen molar-refractivity contribution in [3.05, 3.63) is 48.0 Å². The van der Waals surface area contributed by atoms with Gasteiger partial charge in [0.05, 0.1) is 6.42 Å². The number of nitrogens with two attached hydrogens (primary N) is 1. The van der Waals surface area contributed by atoms with Crippen LogP contribution in [0.15, 0.2) is 42.5 Å². The molecule has 5 heteroatoms. The molecule has 1 heterocycles. The van der Waals surface area contributed by atoms with Crippen LogP contribution in [0.3, 0.4) is 0 Å². The first-order chi connectivity index (χ1) is 10.2. The quantitative estimate of drug-likeness (QED) is 0.848. The van der Waals surface area contributed by atoms with Crippen LogP contribution < -0.4 is 20.5 Å². The van der Waals surface area contributed by atoms with Gasteiger partial charge in [-0.3, -0.25) is 4.79 Å². The van der Waals surface area contributed by atoms with E-state index in [0.29, 0.717) is 36.1 Å². The van der Waals surface area contributed by atoms with Crippen molar-refractivity contribution in [1.29, 1.82) is 0 Å². The van der Waals surface area contributed by atoms with Gasteiger partial charge in [-0.1, -0.05) is 12.1 Å². The molecule has 0 aliphatic carbocycles. The van der Waals surface area contributed by atoms with Crippen LogP contribution in [-0.2, 0) is 11.2 Å². The van der Waals surface area contributed by atoms with Crippen molar-refractivity contribution >= 4 is 17.3 Å². The molecule has 0 fully saturated rings. The predicted octanol–water partition coefficient (Wildman–Crippen LogP) is 2.22. The fourth-order valence-electron chi connectivity index (χ4n) is 2.21. The molecule has 0 spiro atoms. The summed E-state index contributed by atoms with van der Waals surface area (Å²) >= 11 is 0. The molecule has 0 atom stereocenters. The summed E-state index contributed by atoms with van der Waals surface area (Å²) < 4.78 is 10.9. The van der Waals surface area contributed by atoms with E-state index >= 15 is 0 Å². The van der Waals surface area contributed by atoms with E-state index in [-0.39, 0.29) is 12.3 Å². The fraction of sp³-hybridized carbons (Fsp3) is 0.188. The first-order valence-corrected chi connectivity index (χ1v) is 6.74. The summed E-state index contributed by atoms with van der Waals surface area (Å²) in [6.07, 6.45) is 0.277. The lowest BCUT2D eigenvalue weighted by molar-refractivity contribution is -0.115. The highest BCUT2D eigenvalue weighted by atomic mass is 16.6. The number of fused-ring (bicyclic) bond motifs is 1. The van der Waals surface area contributed by atoms with Gasteiger partial charge >= 0.3 is 0 Å². The number of benzene rings is 2. The van der Waals surface area contributed by atoms with E-state index in [1.54, 1.807) is 30.3 Å². The molecule has 0 saturated carbocycles. The number of ether oxygens (including phenoxy) is 2. The lowest BCUT2D eigenvalue weighted by atomic mass is 10.1. The minimum absolute atomic E-state index is 0.0997. The molecule has 0 radical (unpaired) electrons. The van der Waals surface area contributed by atoms with E-state index in [1.807, 2.05) is 12.1 Å². The first kappa shape index (κ1) is 13.3. The van der Waals surface area contributed by atoms with Crippen molar-refractivity contribution in [3.8, 4) is 11.5 Å². The van der Waals surface area contributed by atoms with Gasteiger partial charge in [0, 0.05) is 17.4 Å². The van der Waals surface area contributed by atoms with E-state index in [2.05, 4.69) is 5.32 Å². The Morgan fingerprint density at radius 3 is 2.71 bits per heavy atom. The van der Waals surface area contributed by atoms with Crippen LogP contribution in [-0.4, -0.2) is 19.1 Å². The van der Waals surface area contributed by atoms with Gasteiger partial charge in [-0.25, -0.2) is 0 Å². The highest BCUT2D eigenvalue weighted by Gasteiger charge is 2.12. The largest absolute Gasteiger partial charge is 0.486 e. The van der Waals surface area contributed by atoms with Crippen LogP contribution in [0.2, 0.25) is 0 Å². The number of amides is 1. The Hall–Kier alpha value is -2.69.